The summed E-state index contributed by atoms with van der Waals surface area (Å²) in [7, 11) is 3.44. The third-order valence-electron chi connectivity index (χ3n) is 5.52. The van der Waals surface area contributed by atoms with Gasteiger partial charge in [0.2, 0.25) is 0 Å². The Hall–Kier alpha value is -4.26. The Morgan fingerprint density at radius 1 is 1.19 bits per heavy atom. The van der Waals surface area contributed by atoms with Gasteiger partial charge in [0.15, 0.2) is 11.6 Å². The fourth-order valence-electron chi connectivity index (χ4n) is 4.09. The number of nitrogens with two attached hydrogens (primary N) is 1. The first-order chi connectivity index (χ1) is 15.4. The Morgan fingerprint density at radius 2 is 2.00 bits per heavy atom. The number of anilines is 1. The molecule has 0 radical (unpaired) electrons. The molecule has 0 fully saturated rings. The maximum Gasteiger partial charge on any atom is 0.166 e. The smallest absolute Gasteiger partial charge is 0.166 e. The van der Waals surface area contributed by atoms with Crippen LogP contribution in [0.3, 0.4) is 0 Å². The van der Waals surface area contributed by atoms with Crippen molar-refractivity contribution in [1.29, 1.82) is 5.26 Å². The van der Waals surface area contributed by atoms with Crippen LogP contribution >= 0.6 is 0 Å². The molecule has 1 aliphatic heterocycles. The lowest BCUT2D eigenvalue weighted by Gasteiger charge is -2.20. The summed E-state index contributed by atoms with van der Waals surface area (Å²) >= 11 is 0. The van der Waals surface area contributed by atoms with Crippen LogP contribution in [0.15, 0.2) is 30.5 Å². The number of hydrogen-bond donors (Lipinski definition) is 1. The molecule has 0 saturated carbocycles. The third kappa shape index (κ3) is 3.06. The van der Waals surface area contributed by atoms with Gasteiger partial charge in [-0.25, -0.2) is 9.37 Å². The Labute approximate surface area is 182 Å². The fraction of sp³-hybridized carbons (Fsp3) is 0.227. The Kier molecular flexibility index (Phi) is 4.41. The van der Waals surface area contributed by atoms with Crippen LogP contribution in [0.25, 0.3) is 22.4 Å². The van der Waals surface area contributed by atoms with Gasteiger partial charge in [-0.2, -0.15) is 25.4 Å². The van der Waals surface area contributed by atoms with Gasteiger partial charge in [0.05, 0.1) is 11.4 Å². The molecule has 0 saturated heterocycles. The minimum absolute atomic E-state index is 0.194. The molecule has 5 rings (SSSR count). The number of fused-ring (bicyclic) bond motifs is 7. The molecule has 32 heavy (non-hydrogen) atoms. The average Bonchev–Trinajstić information content (AvgIpc) is 3.27. The maximum atomic E-state index is 14.2. The highest BCUT2D eigenvalue weighted by Crippen LogP contribution is 2.38. The zero-order valence-corrected chi connectivity index (χ0v) is 17.7. The van der Waals surface area contributed by atoms with Gasteiger partial charge < -0.3 is 10.5 Å². The second-order valence-corrected chi connectivity index (χ2v) is 7.67. The normalized spacial score (nSPS) is 14.8. The van der Waals surface area contributed by atoms with Crippen LogP contribution in [0.2, 0.25) is 0 Å². The van der Waals surface area contributed by atoms with Crippen molar-refractivity contribution >= 4 is 5.82 Å². The van der Waals surface area contributed by atoms with E-state index in [0.717, 1.165) is 0 Å². The first kappa shape index (κ1) is 19.7. The second-order valence-electron chi connectivity index (χ2n) is 7.67. The fourth-order valence-corrected chi connectivity index (χ4v) is 4.09. The van der Waals surface area contributed by atoms with E-state index in [0.29, 0.717) is 57.2 Å². The van der Waals surface area contributed by atoms with Gasteiger partial charge in [0, 0.05) is 49.0 Å². The summed E-state index contributed by atoms with van der Waals surface area (Å²) in [5.41, 5.74) is 10.9. The number of halogens is 1. The van der Waals surface area contributed by atoms with E-state index in [1.165, 1.54) is 21.6 Å². The van der Waals surface area contributed by atoms with E-state index in [4.69, 9.17) is 10.5 Å². The number of aromatic nitrogens is 6. The van der Waals surface area contributed by atoms with Gasteiger partial charge >= 0.3 is 0 Å². The Morgan fingerprint density at radius 3 is 2.78 bits per heavy atom. The molecule has 0 amide bonds. The third-order valence-corrected chi connectivity index (χ3v) is 5.52. The van der Waals surface area contributed by atoms with E-state index in [1.54, 1.807) is 32.4 Å². The minimum Gasteiger partial charge on any atom is -0.482 e. The molecular weight excluding hydrogens is 411 g/mol. The minimum atomic E-state index is -0.557. The predicted octanol–water partition coefficient (Wildman–Crippen LogP) is 2.91. The standard InChI is InChI=1S/C22H19FN8O/c1-11-15-7-13(23)4-5-14(15)21-17(28-31(3)29-21)8-16-20(18(9-24)30(2)27-16)12-6-19(32-11)22(25)26-10-12/h4-7,10-11H,8H2,1-3H3,(H2,25,26)/t11-/m1/s1. The number of ether oxygens (including phenoxy) is 1. The summed E-state index contributed by atoms with van der Waals surface area (Å²) in [5.74, 6) is 0.144. The summed E-state index contributed by atoms with van der Waals surface area (Å²) in [6, 6.07) is 8.43. The van der Waals surface area contributed by atoms with Gasteiger partial charge in [-0.1, -0.05) is 0 Å². The van der Waals surface area contributed by atoms with Crippen LogP contribution in [-0.2, 0) is 20.5 Å². The van der Waals surface area contributed by atoms with E-state index >= 15 is 0 Å². The highest BCUT2D eigenvalue weighted by atomic mass is 19.1. The number of nitriles is 1. The zero-order valence-electron chi connectivity index (χ0n) is 17.7. The van der Waals surface area contributed by atoms with Crippen molar-refractivity contribution in [3.63, 3.8) is 0 Å². The van der Waals surface area contributed by atoms with E-state index in [2.05, 4.69) is 26.3 Å². The molecule has 4 aromatic rings. The summed E-state index contributed by atoms with van der Waals surface area (Å²) < 4.78 is 21.9. The molecule has 1 atom stereocenters. The molecule has 0 aliphatic carbocycles. The van der Waals surface area contributed by atoms with Gasteiger partial charge in [-0.15, -0.1) is 0 Å². The molecule has 1 aromatic carbocycles. The summed E-state index contributed by atoms with van der Waals surface area (Å²) in [4.78, 5) is 5.74. The summed E-state index contributed by atoms with van der Waals surface area (Å²) in [5, 5.41) is 23.4. The summed E-state index contributed by atoms with van der Waals surface area (Å²) in [6.45, 7) is 1.81. The number of nitrogen functional groups attached to an aromatic ring is 1. The average molecular weight is 430 g/mol. The number of aryl methyl sites for hydroxylation is 2. The SMILES string of the molecule is C[C@H]1Oc2cc(cnc2N)-c2c(nn(C)c2C#N)Cc2nn(C)nc2-c2ccc(F)cc21. The van der Waals surface area contributed by atoms with E-state index in [-0.39, 0.29) is 11.6 Å². The van der Waals surface area contributed by atoms with Gasteiger partial charge in [0.25, 0.3) is 0 Å². The molecule has 9 nitrogen and oxygen atoms in total. The van der Waals surface area contributed by atoms with E-state index < -0.39 is 6.10 Å². The van der Waals surface area contributed by atoms with Crippen molar-refractivity contribution in [1.82, 2.24) is 29.8 Å². The quantitative estimate of drug-likeness (QED) is 0.455. The molecule has 1 aliphatic rings. The van der Waals surface area contributed by atoms with Crippen molar-refractivity contribution in [2.75, 3.05) is 5.73 Å². The number of nitrogens with zero attached hydrogens (tertiary/aromatic N) is 7. The number of pyridine rings is 1. The monoisotopic (exact) mass is 430 g/mol. The van der Waals surface area contributed by atoms with Crippen LogP contribution in [0.1, 0.15) is 35.7 Å². The maximum absolute atomic E-state index is 14.2. The lowest BCUT2D eigenvalue weighted by Crippen LogP contribution is -2.09. The number of benzene rings is 1. The first-order valence-corrected chi connectivity index (χ1v) is 9.94. The van der Waals surface area contributed by atoms with Crippen LogP contribution in [0, 0.1) is 17.1 Å². The molecular formula is C22H19FN8O. The van der Waals surface area contributed by atoms with Gasteiger partial charge in [0.1, 0.15) is 29.4 Å². The highest BCUT2D eigenvalue weighted by Gasteiger charge is 2.26. The second kappa shape index (κ2) is 7.16. The van der Waals surface area contributed by atoms with E-state index in [1.807, 2.05) is 6.92 Å². The molecule has 4 heterocycles. The Balaban J connectivity index is 1.84. The number of hydrogen-bond acceptors (Lipinski definition) is 7. The molecule has 160 valence electrons. The van der Waals surface area contributed by atoms with Crippen molar-refractivity contribution in [3.05, 3.63) is 58.9 Å². The highest BCUT2D eigenvalue weighted by molar-refractivity contribution is 5.75. The number of rotatable bonds is 0. The molecule has 2 N–H and O–H groups in total. The molecule has 2 bridgehead atoms. The van der Waals surface area contributed by atoms with Crippen molar-refractivity contribution < 1.29 is 9.13 Å². The lowest BCUT2D eigenvalue weighted by molar-refractivity contribution is 0.227. The Bertz CT molecular complexity index is 1410. The largest absolute Gasteiger partial charge is 0.482 e. The van der Waals surface area contributed by atoms with Crippen molar-refractivity contribution in [3.8, 4) is 34.2 Å². The lowest BCUT2D eigenvalue weighted by atomic mass is 9.96. The van der Waals surface area contributed by atoms with Gasteiger partial charge in [-0.3, -0.25) is 4.68 Å². The molecule has 10 heteroatoms. The van der Waals surface area contributed by atoms with Crippen LogP contribution in [-0.4, -0.2) is 29.8 Å². The van der Waals surface area contributed by atoms with Crippen molar-refractivity contribution in [2.45, 2.75) is 19.4 Å². The van der Waals surface area contributed by atoms with E-state index in [9.17, 15) is 9.65 Å². The van der Waals surface area contributed by atoms with Crippen LogP contribution in [0.4, 0.5) is 10.2 Å². The molecule has 3 aromatic heterocycles. The van der Waals surface area contributed by atoms with Crippen LogP contribution < -0.4 is 10.5 Å². The topological polar surface area (TPSA) is 120 Å². The van der Waals surface area contributed by atoms with Crippen LogP contribution in [0.5, 0.6) is 5.75 Å². The van der Waals surface area contributed by atoms with Gasteiger partial charge in [-0.05, 0) is 31.2 Å². The molecule has 0 unspecified atom stereocenters. The first-order valence-electron chi connectivity index (χ1n) is 9.94. The zero-order chi connectivity index (χ0) is 22.6. The summed E-state index contributed by atoms with van der Waals surface area (Å²) in [6.07, 6.45) is 1.35. The van der Waals surface area contributed by atoms with Crippen molar-refractivity contribution in [2.24, 2.45) is 14.1 Å². The molecule has 0 spiro atoms. The predicted molar refractivity (Wildman–Crippen MR) is 114 cm³/mol.